The summed E-state index contributed by atoms with van der Waals surface area (Å²) in [6.45, 7) is 2.20. The Kier molecular flexibility index (Phi) is 4.74. The highest BCUT2D eigenvalue weighted by molar-refractivity contribution is 5.86. The standard InChI is InChI=1S/C17H21NO/c1-2-3-4-13-7-10-16(17(19)11-13)15-8-5-14(12-18)6-9-15/h5-6,8-9,13,16H,2-4,7,10-11H2,1H3. The zero-order valence-corrected chi connectivity index (χ0v) is 11.6. The molecule has 0 N–H and O–H groups in total. The van der Waals surface area contributed by atoms with Crippen molar-refractivity contribution >= 4 is 5.78 Å². The molecule has 0 spiro atoms. The molecule has 2 atom stereocenters. The highest BCUT2D eigenvalue weighted by Gasteiger charge is 2.29. The quantitative estimate of drug-likeness (QED) is 0.809. The van der Waals surface area contributed by atoms with Gasteiger partial charge < -0.3 is 0 Å². The summed E-state index contributed by atoms with van der Waals surface area (Å²) in [7, 11) is 0. The van der Waals surface area contributed by atoms with Crippen molar-refractivity contribution in [2.75, 3.05) is 0 Å². The van der Waals surface area contributed by atoms with Crippen LogP contribution in [0.5, 0.6) is 0 Å². The highest BCUT2D eigenvalue weighted by atomic mass is 16.1. The molecular weight excluding hydrogens is 234 g/mol. The summed E-state index contributed by atoms with van der Waals surface area (Å²) in [5, 5.41) is 8.79. The van der Waals surface area contributed by atoms with Gasteiger partial charge in [-0.1, -0.05) is 38.3 Å². The van der Waals surface area contributed by atoms with Crippen LogP contribution in [0, 0.1) is 17.2 Å². The van der Waals surface area contributed by atoms with Gasteiger partial charge >= 0.3 is 0 Å². The third kappa shape index (κ3) is 3.44. The van der Waals surface area contributed by atoms with Crippen molar-refractivity contribution in [3.05, 3.63) is 35.4 Å². The Morgan fingerprint density at radius 1 is 1.26 bits per heavy atom. The Bertz CT molecular complexity index is 469. The van der Waals surface area contributed by atoms with E-state index in [0.717, 1.165) is 24.8 Å². The number of rotatable bonds is 4. The summed E-state index contributed by atoms with van der Waals surface area (Å²) in [6, 6.07) is 9.61. The lowest BCUT2D eigenvalue weighted by Crippen LogP contribution is -2.23. The van der Waals surface area contributed by atoms with E-state index in [1.54, 1.807) is 0 Å². The fourth-order valence-electron chi connectivity index (χ4n) is 2.97. The third-order valence-corrected chi connectivity index (χ3v) is 4.15. The van der Waals surface area contributed by atoms with Crippen molar-refractivity contribution in [3.8, 4) is 6.07 Å². The van der Waals surface area contributed by atoms with Crippen LogP contribution in [0.25, 0.3) is 0 Å². The van der Waals surface area contributed by atoms with E-state index in [1.165, 1.54) is 19.3 Å². The molecule has 1 aromatic rings. The lowest BCUT2D eigenvalue weighted by Gasteiger charge is -2.27. The number of nitrogens with zero attached hydrogens (tertiary/aromatic N) is 1. The minimum atomic E-state index is 0.0608. The zero-order chi connectivity index (χ0) is 13.7. The maximum Gasteiger partial charge on any atom is 0.140 e. The van der Waals surface area contributed by atoms with Crippen LogP contribution in [0.3, 0.4) is 0 Å². The number of hydrogen-bond acceptors (Lipinski definition) is 2. The monoisotopic (exact) mass is 255 g/mol. The summed E-state index contributed by atoms with van der Waals surface area (Å²) in [5.41, 5.74) is 1.74. The fourth-order valence-corrected chi connectivity index (χ4v) is 2.97. The number of Topliss-reactive ketones (excluding diaryl/α,β-unsaturated/α-hetero) is 1. The highest BCUT2D eigenvalue weighted by Crippen LogP contribution is 2.35. The molecular formula is C17H21NO. The van der Waals surface area contributed by atoms with Crippen LogP contribution < -0.4 is 0 Å². The van der Waals surface area contributed by atoms with Gasteiger partial charge in [-0.05, 0) is 36.5 Å². The second-order valence-corrected chi connectivity index (χ2v) is 5.54. The van der Waals surface area contributed by atoms with Crippen LogP contribution in [0.15, 0.2) is 24.3 Å². The molecule has 0 radical (unpaired) electrons. The normalized spacial score (nSPS) is 23.1. The van der Waals surface area contributed by atoms with E-state index in [4.69, 9.17) is 5.26 Å². The van der Waals surface area contributed by atoms with Gasteiger partial charge in [0.2, 0.25) is 0 Å². The summed E-state index contributed by atoms with van der Waals surface area (Å²) >= 11 is 0. The average molecular weight is 255 g/mol. The molecule has 2 unspecified atom stereocenters. The van der Waals surface area contributed by atoms with Crippen LogP contribution in [0.1, 0.15) is 62.5 Å². The third-order valence-electron chi connectivity index (χ3n) is 4.15. The van der Waals surface area contributed by atoms with Crippen LogP contribution in [-0.2, 0) is 4.79 Å². The van der Waals surface area contributed by atoms with Crippen LogP contribution >= 0.6 is 0 Å². The molecule has 0 amide bonds. The molecule has 0 bridgehead atoms. The number of benzene rings is 1. The number of carbonyl (C=O) groups is 1. The van der Waals surface area contributed by atoms with Gasteiger partial charge in [-0.25, -0.2) is 0 Å². The van der Waals surface area contributed by atoms with Gasteiger partial charge in [-0.2, -0.15) is 5.26 Å². The minimum Gasteiger partial charge on any atom is -0.299 e. The second kappa shape index (κ2) is 6.52. The van der Waals surface area contributed by atoms with Gasteiger partial charge in [-0.15, -0.1) is 0 Å². The number of ketones is 1. The largest absolute Gasteiger partial charge is 0.299 e. The van der Waals surface area contributed by atoms with Crippen molar-refractivity contribution in [1.82, 2.24) is 0 Å². The first kappa shape index (κ1) is 13.8. The first-order chi connectivity index (χ1) is 9.24. The van der Waals surface area contributed by atoms with Crippen molar-refractivity contribution in [2.45, 2.75) is 51.4 Å². The first-order valence-corrected chi connectivity index (χ1v) is 7.27. The van der Waals surface area contributed by atoms with Crippen molar-refractivity contribution < 1.29 is 4.79 Å². The summed E-state index contributed by atoms with van der Waals surface area (Å²) < 4.78 is 0. The molecule has 19 heavy (non-hydrogen) atoms. The van der Waals surface area contributed by atoms with Gasteiger partial charge in [0.25, 0.3) is 0 Å². The Morgan fingerprint density at radius 3 is 2.58 bits per heavy atom. The fraction of sp³-hybridized carbons (Fsp3) is 0.529. The lowest BCUT2D eigenvalue weighted by atomic mass is 9.76. The topological polar surface area (TPSA) is 40.9 Å². The number of carbonyl (C=O) groups excluding carboxylic acids is 1. The SMILES string of the molecule is CCCCC1CCC(c2ccc(C#N)cc2)C(=O)C1. The number of unbranched alkanes of at least 4 members (excludes halogenated alkanes) is 1. The molecule has 2 rings (SSSR count). The van der Waals surface area contributed by atoms with Crippen LogP contribution in [0.2, 0.25) is 0 Å². The van der Waals surface area contributed by atoms with E-state index in [0.29, 0.717) is 17.3 Å². The average Bonchev–Trinajstić information content (AvgIpc) is 2.45. The van der Waals surface area contributed by atoms with E-state index in [-0.39, 0.29) is 5.92 Å². The summed E-state index contributed by atoms with van der Waals surface area (Å²) in [6.07, 6.45) is 6.52. The molecule has 0 heterocycles. The zero-order valence-electron chi connectivity index (χ0n) is 11.6. The Morgan fingerprint density at radius 2 is 2.00 bits per heavy atom. The predicted molar refractivity (Wildman–Crippen MR) is 75.8 cm³/mol. The van der Waals surface area contributed by atoms with Crippen molar-refractivity contribution in [1.29, 1.82) is 5.26 Å². The van der Waals surface area contributed by atoms with Crippen LogP contribution in [0.4, 0.5) is 0 Å². The molecule has 2 heteroatoms. The maximum atomic E-state index is 12.3. The van der Waals surface area contributed by atoms with E-state index in [9.17, 15) is 4.79 Å². The Hall–Kier alpha value is -1.62. The lowest BCUT2D eigenvalue weighted by molar-refractivity contribution is -0.123. The Labute approximate surface area is 115 Å². The van der Waals surface area contributed by atoms with Gasteiger partial charge in [0.15, 0.2) is 0 Å². The maximum absolute atomic E-state index is 12.3. The summed E-state index contributed by atoms with van der Waals surface area (Å²) in [5.74, 6) is 1.05. The molecule has 100 valence electrons. The van der Waals surface area contributed by atoms with Gasteiger partial charge in [-0.3, -0.25) is 4.79 Å². The molecule has 0 saturated heterocycles. The van der Waals surface area contributed by atoms with Gasteiger partial charge in [0, 0.05) is 12.3 Å². The number of hydrogen-bond donors (Lipinski definition) is 0. The smallest absolute Gasteiger partial charge is 0.140 e. The van der Waals surface area contributed by atoms with Gasteiger partial charge in [0.05, 0.1) is 11.6 Å². The number of nitriles is 1. The molecule has 1 aromatic carbocycles. The first-order valence-electron chi connectivity index (χ1n) is 7.27. The molecule has 1 fully saturated rings. The van der Waals surface area contributed by atoms with E-state index in [1.807, 2.05) is 24.3 Å². The van der Waals surface area contributed by atoms with Gasteiger partial charge in [0.1, 0.15) is 5.78 Å². The molecule has 1 aliphatic rings. The molecule has 0 aromatic heterocycles. The van der Waals surface area contributed by atoms with E-state index < -0.39 is 0 Å². The van der Waals surface area contributed by atoms with E-state index in [2.05, 4.69) is 13.0 Å². The Balaban J connectivity index is 1.99. The minimum absolute atomic E-state index is 0.0608. The molecule has 1 aliphatic carbocycles. The second-order valence-electron chi connectivity index (χ2n) is 5.54. The molecule has 0 aliphatic heterocycles. The predicted octanol–water partition coefficient (Wildman–Crippen LogP) is 4.20. The van der Waals surface area contributed by atoms with Crippen molar-refractivity contribution in [2.24, 2.45) is 5.92 Å². The van der Waals surface area contributed by atoms with Crippen molar-refractivity contribution in [3.63, 3.8) is 0 Å². The summed E-state index contributed by atoms with van der Waals surface area (Å²) in [4.78, 5) is 12.3. The molecule has 2 nitrogen and oxygen atoms in total. The van der Waals surface area contributed by atoms with Crippen LogP contribution in [-0.4, -0.2) is 5.78 Å². The molecule has 1 saturated carbocycles. The van der Waals surface area contributed by atoms with E-state index >= 15 is 0 Å².